The molecule has 0 aromatic heterocycles. The van der Waals surface area contributed by atoms with Crippen molar-refractivity contribution >= 4 is 0 Å². The minimum atomic E-state index is -4.94. The van der Waals surface area contributed by atoms with E-state index in [2.05, 4.69) is 185 Å². The van der Waals surface area contributed by atoms with Gasteiger partial charge in [0, 0.05) is 157 Å². The van der Waals surface area contributed by atoms with E-state index in [4.69, 9.17) is 37.3 Å². The summed E-state index contributed by atoms with van der Waals surface area (Å²) in [4.78, 5) is 20.1. The monoisotopic (exact) mass is 1680 g/mol. The van der Waals surface area contributed by atoms with Crippen molar-refractivity contribution in [2.24, 2.45) is 0 Å². The van der Waals surface area contributed by atoms with Gasteiger partial charge in [0.05, 0.1) is 93.1 Å². The Labute approximate surface area is 667 Å². The van der Waals surface area contributed by atoms with E-state index < -0.39 is 20.5 Å². The average molecular weight is 1680 g/mol. The summed E-state index contributed by atoms with van der Waals surface area (Å²) in [5, 5.41) is 74.3. The molecular weight excluding hydrogens is 1600 g/mol. The molecule has 2 fully saturated rings. The zero-order valence-corrected chi connectivity index (χ0v) is 63.7. The molecule has 0 bridgehead atoms. The molecule has 0 radical (unpaired) electrons. The molecule has 2 heterocycles. The zero-order chi connectivity index (χ0) is 76.1. The van der Waals surface area contributed by atoms with Gasteiger partial charge in [-0.1, -0.05) is 97.1 Å². The van der Waals surface area contributed by atoms with Gasteiger partial charge in [-0.2, -0.15) is 42.1 Å². The second-order valence-electron chi connectivity index (χ2n) is 25.4. The van der Waals surface area contributed by atoms with Gasteiger partial charge in [0.1, 0.15) is 0 Å². The molecule has 2 saturated heterocycles. The van der Waals surface area contributed by atoms with Crippen molar-refractivity contribution in [1.29, 1.82) is 42.1 Å². The van der Waals surface area contributed by atoms with Crippen molar-refractivity contribution in [3.05, 3.63) is 283 Å². The first kappa shape index (κ1) is 89.7. The number of halogens is 2. The minimum Gasteiger partial charge on any atom is -0.297 e. The van der Waals surface area contributed by atoms with Gasteiger partial charge < -0.3 is 0 Å². The summed E-state index contributed by atoms with van der Waals surface area (Å²) in [6.45, 7) is 20.5. The van der Waals surface area contributed by atoms with Crippen LogP contribution in [0.4, 0.5) is 0 Å². The SMILES string of the molecule is N#Cc1ccc(CN2CCN(Cc3ccc(C#N)cc3)CCN(Cc3ccc(C#N)cc3)CCN(Cc3ccc(C#N)cc3)CC2)cc1.N#Cc1ccc(CN2CCN(Cc3ccc(C#N)cc3)CCN(Cc3ccc(C#N)cc3)CCN(Cc3ccc(C#N)cc3)CC2)cc1.[Ag+].[Ag+].[O-][Cl+3]([O-])([O-])[O-].[O-][Cl+3]([O-])([O-])[O-]. The molecule has 10 rings (SSSR count). The summed E-state index contributed by atoms with van der Waals surface area (Å²) in [6.07, 6.45) is 0. The quantitative estimate of drug-likeness (QED) is 0.124. The first-order valence-corrected chi connectivity index (χ1v) is 36.5. The predicted octanol–water partition coefficient (Wildman–Crippen LogP) is 1.47. The van der Waals surface area contributed by atoms with Crippen LogP contribution < -0.4 is 37.3 Å². The molecule has 0 atom stereocenters. The Balaban J connectivity index is 0.000000338. The molecule has 0 aliphatic carbocycles. The first-order valence-electron chi connectivity index (χ1n) is 34.0. The van der Waals surface area contributed by atoms with Crippen LogP contribution in [-0.4, -0.2) is 144 Å². The van der Waals surface area contributed by atoms with Crippen molar-refractivity contribution in [1.82, 2.24) is 39.2 Å². The van der Waals surface area contributed by atoms with Crippen LogP contribution in [0, 0.1) is 111 Å². The predicted molar refractivity (Wildman–Crippen MR) is 371 cm³/mol. The van der Waals surface area contributed by atoms with Crippen molar-refractivity contribution in [2.75, 3.05) is 105 Å². The number of nitrogens with zero attached hydrogens (tertiary/aromatic N) is 16. The molecule has 2 aliphatic heterocycles. The van der Waals surface area contributed by atoms with E-state index in [1.54, 1.807) is 0 Å². The van der Waals surface area contributed by atoms with Gasteiger partial charge in [-0.25, -0.2) is 37.3 Å². The normalized spacial score (nSPS) is 15.0. The number of benzene rings is 8. The standard InChI is InChI=1S/2C40H40N8.2Ag.2ClHO4/c2*41-25-33-1-9-37(10-2-33)29-45-17-19-46(30-38-11-3-34(26-42)4-12-38)21-23-48(32-40-15-7-36(28-44)8-16-40)24-22-47(20-18-45)31-39-13-5-35(27-43)6-14-39;;;2*2-1(3,4)5/h2*1-16H,17-24,29-32H2;;;2*(H,2,3,4,5)/q;;2*+1;;/p-2. The van der Waals surface area contributed by atoms with E-state index >= 15 is 0 Å². The van der Waals surface area contributed by atoms with E-state index in [1.165, 1.54) is 44.5 Å². The molecule has 24 nitrogen and oxygen atoms in total. The van der Waals surface area contributed by atoms with Gasteiger partial charge >= 0.3 is 44.8 Å². The summed E-state index contributed by atoms with van der Waals surface area (Å²) in [7, 11) is -9.89. The van der Waals surface area contributed by atoms with Crippen LogP contribution in [0.5, 0.6) is 0 Å². The third-order valence-corrected chi connectivity index (χ3v) is 17.8. The molecule has 0 unspecified atom stereocenters. The molecule has 8 aromatic rings. The van der Waals surface area contributed by atoms with Gasteiger partial charge in [-0.05, 0) is 142 Å². The smallest absolute Gasteiger partial charge is 0.297 e. The fourth-order valence-electron chi connectivity index (χ4n) is 12.0. The van der Waals surface area contributed by atoms with E-state index in [9.17, 15) is 42.1 Å². The third-order valence-electron chi connectivity index (χ3n) is 17.8. The topological polar surface area (TPSA) is 401 Å². The number of hydrogen-bond acceptors (Lipinski definition) is 24. The molecule has 8 aromatic carbocycles. The molecule has 0 N–H and O–H groups in total. The second-order valence-corrected chi connectivity index (χ2v) is 26.9. The first-order chi connectivity index (χ1) is 51.1. The van der Waals surface area contributed by atoms with Crippen LogP contribution in [0.25, 0.3) is 0 Å². The van der Waals surface area contributed by atoms with Crippen LogP contribution in [0.3, 0.4) is 0 Å². The average Bonchev–Trinajstić information content (AvgIpc) is 0.870. The molecule has 2 aliphatic rings. The van der Waals surface area contributed by atoms with Crippen molar-refractivity contribution in [3.63, 3.8) is 0 Å². The van der Waals surface area contributed by atoms with Crippen LogP contribution in [0.15, 0.2) is 194 Å². The molecule has 564 valence electrons. The fourth-order valence-corrected chi connectivity index (χ4v) is 12.0. The van der Waals surface area contributed by atoms with E-state index in [1.807, 2.05) is 97.1 Å². The maximum absolute atomic E-state index is 9.29. The van der Waals surface area contributed by atoms with Crippen molar-refractivity contribution in [3.8, 4) is 48.6 Å². The molecule has 0 spiro atoms. The molecular formula is C80H80Ag2Cl2N16O8. The van der Waals surface area contributed by atoms with E-state index in [-0.39, 0.29) is 44.8 Å². The summed E-state index contributed by atoms with van der Waals surface area (Å²) >= 11 is 0. The summed E-state index contributed by atoms with van der Waals surface area (Å²) in [6, 6.07) is 80.9. The maximum atomic E-state index is 9.29. The largest absolute Gasteiger partial charge is 1.00 e. The Morgan fingerprint density at radius 2 is 0.259 bits per heavy atom. The summed E-state index contributed by atoms with van der Waals surface area (Å²) < 4.78 is 67.9. The number of hydrogen-bond donors (Lipinski definition) is 0. The van der Waals surface area contributed by atoms with Crippen LogP contribution in [-0.2, 0) is 97.1 Å². The van der Waals surface area contributed by atoms with Crippen molar-refractivity contribution < 1.29 is 103 Å². The maximum Gasteiger partial charge on any atom is 1.00 e. The Bertz CT molecular complexity index is 3490. The minimum absolute atomic E-state index is 0. The molecule has 108 heavy (non-hydrogen) atoms. The van der Waals surface area contributed by atoms with Crippen LogP contribution >= 0.6 is 0 Å². The number of nitriles is 8. The van der Waals surface area contributed by atoms with Crippen molar-refractivity contribution in [2.45, 2.75) is 52.4 Å². The van der Waals surface area contributed by atoms with Gasteiger partial charge in [0.2, 0.25) is 0 Å². The Morgan fingerprint density at radius 1 is 0.185 bits per heavy atom. The molecule has 0 saturated carbocycles. The fraction of sp³-hybridized carbons (Fsp3) is 0.300. The van der Waals surface area contributed by atoms with Crippen LogP contribution in [0.1, 0.15) is 89.0 Å². The molecule has 28 heteroatoms. The third kappa shape index (κ3) is 35.4. The van der Waals surface area contributed by atoms with Gasteiger partial charge in [-0.3, -0.25) is 39.2 Å². The van der Waals surface area contributed by atoms with E-state index in [0.29, 0.717) is 44.5 Å². The van der Waals surface area contributed by atoms with Crippen LogP contribution in [0.2, 0.25) is 0 Å². The Kier molecular flexibility index (Phi) is 39.7. The van der Waals surface area contributed by atoms with Gasteiger partial charge in [0.25, 0.3) is 0 Å². The Hall–Kier alpha value is -8.90. The Morgan fingerprint density at radius 3 is 0.324 bits per heavy atom. The summed E-state index contributed by atoms with van der Waals surface area (Å²) in [5.41, 5.74) is 14.8. The summed E-state index contributed by atoms with van der Waals surface area (Å²) in [5.74, 6) is 0. The zero-order valence-electron chi connectivity index (χ0n) is 59.2. The van der Waals surface area contributed by atoms with E-state index in [0.717, 1.165) is 157 Å². The van der Waals surface area contributed by atoms with Gasteiger partial charge in [-0.15, -0.1) is 20.5 Å². The second kappa shape index (κ2) is 47.8. The number of rotatable bonds is 16. The van der Waals surface area contributed by atoms with Gasteiger partial charge in [0.15, 0.2) is 0 Å². The molecule has 0 amide bonds.